The van der Waals surface area contributed by atoms with Gasteiger partial charge in [0.25, 0.3) is 0 Å². The van der Waals surface area contributed by atoms with E-state index >= 15 is 0 Å². The Bertz CT molecular complexity index is 598. The summed E-state index contributed by atoms with van der Waals surface area (Å²) in [6.45, 7) is 3.96. The van der Waals surface area contributed by atoms with E-state index in [9.17, 15) is 14.4 Å². The molecule has 1 aliphatic rings. The monoisotopic (exact) mass is 332 g/mol. The van der Waals surface area contributed by atoms with Crippen LogP contribution in [-0.2, 0) is 25.5 Å². The molecule has 2 rings (SSSR count). The van der Waals surface area contributed by atoms with Crippen LogP contribution in [0.25, 0.3) is 0 Å². The zero-order valence-electron chi connectivity index (χ0n) is 14.1. The van der Waals surface area contributed by atoms with Crippen LogP contribution in [0.3, 0.4) is 0 Å². The predicted molar refractivity (Wildman–Crippen MR) is 89.2 cm³/mol. The molecule has 1 aliphatic heterocycles. The molecule has 6 heteroatoms. The summed E-state index contributed by atoms with van der Waals surface area (Å²) in [6, 6.07) is 6.42. The first-order chi connectivity index (χ1) is 11.5. The highest BCUT2D eigenvalue weighted by atomic mass is 16.5. The molecule has 1 unspecified atom stereocenters. The summed E-state index contributed by atoms with van der Waals surface area (Å²) in [6.07, 6.45) is 2.05. The summed E-state index contributed by atoms with van der Waals surface area (Å²) < 4.78 is 5.07. The minimum atomic E-state index is -0.765. The Morgan fingerprint density at radius 1 is 1.33 bits per heavy atom. The molecular formula is C18H24N2O4. The van der Waals surface area contributed by atoms with Gasteiger partial charge in [0.1, 0.15) is 12.1 Å². The zero-order chi connectivity index (χ0) is 17.5. The van der Waals surface area contributed by atoms with E-state index in [0.29, 0.717) is 25.7 Å². The number of carbonyl (C=O) groups excluding carboxylic acids is 3. The van der Waals surface area contributed by atoms with Gasteiger partial charge in [0.2, 0.25) is 11.8 Å². The molecule has 1 aromatic rings. The van der Waals surface area contributed by atoms with Crippen molar-refractivity contribution in [1.29, 1.82) is 0 Å². The molecule has 1 saturated heterocycles. The van der Waals surface area contributed by atoms with Crippen LogP contribution in [-0.4, -0.2) is 36.5 Å². The molecule has 1 fully saturated rings. The Labute approximate surface area is 142 Å². The molecule has 2 amide bonds. The van der Waals surface area contributed by atoms with Gasteiger partial charge in [-0.3, -0.25) is 9.59 Å². The quantitative estimate of drug-likeness (QED) is 0.768. The van der Waals surface area contributed by atoms with Crippen molar-refractivity contribution in [2.24, 2.45) is 0 Å². The maximum atomic E-state index is 12.4. The van der Waals surface area contributed by atoms with E-state index in [1.54, 1.807) is 6.92 Å². The number of ether oxygens (including phenoxy) is 1. The predicted octanol–water partition coefficient (Wildman–Crippen LogP) is 1.25. The standard InChI is InChI=1S/C18H24N2O4/c1-3-24-18(23)15(11-13-9-7-12(2)8-10-13)20-17(22)14-5-4-6-16(21)19-14/h7-10,14-15H,3-6,11H2,1-2H3,(H,19,21)(H,20,22)/t14-,15?/m1/s1. The van der Waals surface area contributed by atoms with Crippen molar-refractivity contribution < 1.29 is 19.1 Å². The summed E-state index contributed by atoms with van der Waals surface area (Å²) in [5.74, 6) is -0.936. The summed E-state index contributed by atoms with van der Waals surface area (Å²) in [7, 11) is 0. The highest BCUT2D eigenvalue weighted by Gasteiger charge is 2.29. The van der Waals surface area contributed by atoms with Gasteiger partial charge < -0.3 is 15.4 Å². The zero-order valence-corrected chi connectivity index (χ0v) is 14.1. The third kappa shape index (κ3) is 5.08. The van der Waals surface area contributed by atoms with Gasteiger partial charge in [0.15, 0.2) is 0 Å². The lowest BCUT2D eigenvalue weighted by molar-refractivity contribution is -0.147. The number of esters is 1. The van der Waals surface area contributed by atoms with Crippen LogP contribution in [0.15, 0.2) is 24.3 Å². The smallest absolute Gasteiger partial charge is 0.328 e. The Hall–Kier alpha value is -2.37. The summed E-state index contributed by atoms with van der Waals surface area (Å²) in [5.41, 5.74) is 2.06. The van der Waals surface area contributed by atoms with Crippen molar-refractivity contribution in [2.45, 2.75) is 51.6 Å². The minimum Gasteiger partial charge on any atom is -0.464 e. The lowest BCUT2D eigenvalue weighted by atomic mass is 10.0. The first kappa shape index (κ1) is 18.0. The molecule has 0 aliphatic carbocycles. The Balaban J connectivity index is 2.04. The van der Waals surface area contributed by atoms with Gasteiger partial charge in [-0.2, -0.15) is 0 Å². The molecule has 6 nitrogen and oxygen atoms in total. The number of piperidine rings is 1. The number of nitrogens with one attached hydrogen (secondary N) is 2. The van der Waals surface area contributed by atoms with Gasteiger partial charge in [-0.05, 0) is 32.3 Å². The number of benzene rings is 1. The summed E-state index contributed by atoms with van der Waals surface area (Å²) in [4.78, 5) is 36.0. The highest BCUT2D eigenvalue weighted by molar-refractivity contribution is 5.91. The topological polar surface area (TPSA) is 84.5 Å². The molecule has 0 bridgehead atoms. The second-order valence-electron chi connectivity index (χ2n) is 6.02. The van der Waals surface area contributed by atoms with Gasteiger partial charge in [0, 0.05) is 12.8 Å². The van der Waals surface area contributed by atoms with Gasteiger partial charge in [-0.1, -0.05) is 29.8 Å². The Morgan fingerprint density at radius 2 is 2.04 bits per heavy atom. The number of aryl methyl sites for hydroxylation is 1. The summed E-state index contributed by atoms with van der Waals surface area (Å²) >= 11 is 0. The van der Waals surface area contributed by atoms with E-state index < -0.39 is 18.1 Å². The van der Waals surface area contributed by atoms with Crippen LogP contribution in [0.4, 0.5) is 0 Å². The molecule has 24 heavy (non-hydrogen) atoms. The van der Waals surface area contributed by atoms with Gasteiger partial charge in [0.05, 0.1) is 6.61 Å². The Kier molecular flexibility index (Phi) is 6.35. The average molecular weight is 332 g/mol. The van der Waals surface area contributed by atoms with E-state index in [2.05, 4.69) is 10.6 Å². The SMILES string of the molecule is CCOC(=O)C(Cc1ccc(C)cc1)NC(=O)[C@H]1CCCC(=O)N1. The average Bonchev–Trinajstić information content (AvgIpc) is 2.56. The van der Waals surface area contributed by atoms with Crippen LogP contribution < -0.4 is 10.6 Å². The van der Waals surface area contributed by atoms with Crippen LogP contribution in [0.1, 0.15) is 37.3 Å². The van der Waals surface area contributed by atoms with Crippen molar-refractivity contribution in [3.05, 3.63) is 35.4 Å². The molecule has 130 valence electrons. The number of hydrogen-bond acceptors (Lipinski definition) is 4. The van der Waals surface area contributed by atoms with Crippen LogP contribution in [0.2, 0.25) is 0 Å². The lowest BCUT2D eigenvalue weighted by Crippen LogP contribution is -2.53. The van der Waals surface area contributed by atoms with E-state index in [-0.39, 0.29) is 18.4 Å². The second kappa shape index (κ2) is 8.47. The lowest BCUT2D eigenvalue weighted by Gasteiger charge is -2.25. The fraction of sp³-hybridized carbons (Fsp3) is 0.500. The van der Waals surface area contributed by atoms with Gasteiger partial charge in [-0.15, -0.1) is 0 Å². The fourth-order valence-electron chi connectivity index (χ4n) is 2.67. The molecule has 0 saturated carbocycles. The second-order valence-corrected chi connectivity index (χ2v) is 6.02. The maximum Gasteiger partial charge on any atom is 0.328 e. The number of rotatable bonds is 6. The first-order valence-electron chi connectivity index (χ1n) is 8.31. The molecule has 2 atom stereocenters. The third-order valence-electron chi connectivity index (χ3n) is 4.00. The molecule has 0 spiro atoms. The van der Waals surface area contributed by atoms with Crippen LogP contribution in [0, 0.1) is 6.92 Å². The minimum absolute atomic E-state index is 0.132. The molecule has 2 N–H and O–H groups in total. The van der Waals surface area contributed by atoms with E-state index in [4.69, 9.17) is 4.74 Å². The normalized spacial score (nSPS) is 18.4. The van der Waals surface area contributed by atoms with Crippen molar-refractivity contribution in [1.82, 2.24) is 10.6 Å². The van der Waals surface area contributed by atoms with Crippen molar-refractivity contribution >= 4 is 17.8 Å². The van der Waals surface area contributed by atoms with E-state index in [1.165, 1.54) is 0 Å². The first-order valence-corrected chi connectivity index (χ1v) is 8.31. The van der Waals surface area contributed by atoms with E-state index in [1.807, 2.05) is 31.2 Å². The molecular weight excluding hydrogens is 308 g/mol. The van der Waals surface area contributed by atoms with Crippen molar-refractivity contribution in [3.8, 4) is 0 Å². The third-order valence-corrected chi connectivity index (χ3v) is 4.00. The summed E-state index contributed by atoms with van der Waals surface area (Å²) in [5, 5.41) is 5.39. The van der Waals surface area contributed by atoms with Crippen LogP contribution in [0.5, 0.6) is 0 Å². The molecule has 1 aromatic carbocycles. The molecule has 0 aromatic heterocycles. The largest absolute Gasteiger partial charge is 0.464 e. The highest BCUT2D eigenvalue weighted by Crippen LogP contribution is 2.11. The van der Waals surface area contributed by atoms with Crippen molar-refractivity contribution in [3.63, 3.8) is 0 Å². The molecule has 0 radical (unpaired) electrons. The number of amides is 2. The van der Waals surface area contributed by atoms with E-state index in [0.717, 1.165) is 11.1 Å². The van der Waals surface area contributed by atoms with Crippen molar-refractivity contribution in [2.75, 3.05) is 6.61 Å². The van der Waals surface area contributed by atoms with Gasteiger partial charge in [-0.25, -0.2) is 4.79 Å². The molecule has 1 heterocycles. The maximum absolute atomic E-state index is 12.4. The Morgan fingerprint density at radius 3 is 2.67 bits per heavy atom. The number of hydrogen-bond donors (Lipinski definition) is 2. The fourth-order valence-corrected chi connectivity index (χ4v) is 2.67. The van der Waals surface area contributed by atoms with Gasteiger partial charge >= 0.3 is 5.97 Å². The number of carbonyl (C=O) groups is 3. The van der Waals surface area contributed by atoms with Crippen LogP contribution >= 0.6 is 0 Å².